The van der Waals surface area contributed by atoms with Gasteiger partial charge in [-0.15, -0.1) is 0 Å². The van der Waals surface area contributed by atoms with Gasteiger partial charge in [-0.25, -0.2) is 26.6 Å². The largest absolute Gasteiger partial charge is 0.496 e. The van der Waals surface area contributed by atoms with Gasteiger partial charge in [0.25, 0.3) is 5.91 Å². The Balaban J connectivity index is 1.68. The smallest absolute Gasteiger partial charge is 0.255 e. The SMILES string of the molecule is CNC(=O)c1c(-c2ccc(F)cc2)oc2cc(N(C(C)CF)S(C)(=O)=O)c(-c3ccc(OC)c(-c4nc5c(F)cccc5o4)c3)cc12. The van der Waals surface area contributed by atoms with Crippen molar-refractivity contribution < 1.29 is 40.0 Å². The molecule has 1 N–H and O–H groups in total. The topological polar surface area (TPSA) is 115 Å². The predicted octanol–water partition coefficient (Wildman–Crippen LogP) is 7.35. The Hall–Kier alpha value is -5.30. The number of furan rings is 1. The number of amides is 1. The molecule has 0 saturated heterocycles. The molecule has 1 amide bonds. The highest BCUT2D eigenvalue weighted by atomic mass is 32.2. The summed E-state index contributed by atoms with van der Waals surface area (Å²) in [5, 5.41) is 2.91. The molecule has 13 heteroatoms. The van der Waals surface area contributed by atoms with E-state index < -0.39 is 40.3 Å². The number of nitrogens with zero attached hydrogens (tertiary/aromatic N) is 2. The number of oxazole rings is 1. The molecular formula is C34H28F3N3O6S. The first kappa shape index (κ1) is 31.7. The lowest BCUT2D eigenvalue weighted by Gasteiger charge is -2.29. The first-order valence-electron chi connectivity index (χ1n) is 14.3. The molecule has 2 heterocycles. The lowest BCUT2D eigenvalue weighted by Crippen LogP contribution is -2.39. The maximum absolute atomic E-state index is 14.5. The molecule has 0 aliphatic rings. The molecule has 1 atom stereocenters. The van der Waals surface area contributed by atoms with Gasteiger partial charge in [0.15, 0.2) is 11.4 Å². The first-order chi connectivity index (χ1) is 22.4. The Morgan fingerprint density at radius 1 is 0.979 bits per heavy atom. The highest BCUT2D eigenvalue weighted by Gasteiger charge is 2.30. The Morgan fingerprint density at radius 2 is 1.70 bits per heavy atom. The minimum absolute atomic E-state index is 0.0130. The number of anilines is 1. The number of carbonyl (C=O) groups is 1. The van der Waals surface area contributed by atoms with Gasteiger partial charge in [0.2, 0.25) is 15.9 Å². The van der Waals surface area contributed by atoms with Crippen molar-refractivity contribution >= 4 is 43.7 Å². The van der Waals surface area contributed by atoms with Gasteiger partial charge in [-0.3, -0.25) is 9.10 Å². The van der Waals surface area contributed by atoms with E-state index in [-0.39, 0.29) is 45.1 Å². The Bertz CT molecular complexity index is 2270. The fourth-order valence-corrected chi connectivity index (χ4v) is 6.80. The number of nitrogens with one attached hydrogen (secondary N) is 1. The number of sulfonamides is 1. The molecule has 4 aromatic carbocycles. The number of aromatic nitrogens is 1. The van der Waals surface area contributed by atoms with Gasteiger partial charge in [-0.05, 0) is 67.1 Å². The minimum Gasteiger partial charge on any atom is -0.496 e. The summed E-state index contributed by atoms with van der Waals surface area (Å²) in [6.07, 6.45) is 0.960. The molecule has 0 fully saturated rings. The summed E-state index contributed by atoms with van der Waals surface area (Å²) < 4.78 is 87.4. The molecule has 0 saturated carbocycles. The van der Waals surface area contributed by atoms with Crippen molar-refractivity contribution in [3.05, 3.63) is 90.0 Å². The number of carbonyl (C=O) groups excluding carboxylic acids is 1. The Kier molecular flexibility index (Phi) is 8.18. The number of fused-ring (bicyclic) bond motifs is 2. The second kappa shape index (κ2) is 12.1. The van der Waals surface area contributed by atoms with E-state index in [4.69, 9.17) is 13.6 Å². The monoisotopic (exact) mass is 663 g/mol. The van der Waals surface area contributed by atoms with E-state index in [2.05, 4.69) is 10.3 Å². The minimum atomic E-state index is -4.07. The molecule has 2 aromatic heterocycles. The quantitative estimate of drug-likeness (QED) is 0.172. The van der Waals surface area contributed by atoms with Crippen LogP contribution >= 0.6 is 0 Å². The van der Waals surface area contributed by atoms with E-state index in [0.717, 1.165) is 10.6 Å². The van der Waals surface area contributed by atoms with Crippen LogP contribution in [-0.2, 0) is 10.0 Å². The molecule has 0 aliphatic heterocycles. The average Bonchev–Trinajstić information content (AvgIpc) is 3.66. The predicted molar refractivity (Wildman–Crippen MR) is 173 cm³/mol. The summed E-state index contributed by atoms with van der Waals surface area (Å²) >= 11 is 0. The van der Waals surface area contributed by atoms with Crippen molar-refractivity contribution in [2.75, 3.05) is 31.4 Å². The van der Waals surface area contributed by atoms with Crippen LogP contribution in [0.15, 0.2) is 81.6 Å². The number of para-hydroxylation sites is 1. The van der Waals surface area contributed by atoms with Crippen LogP contribution in [-0.4, -0.2) is 52.4 Å². The number of rotatable bonds is 9. The van der Waals surface area contributed by atoms with Crippen molar-refractivity contribution in [2.24, 2.45) is 0 Å². The Morgan fingerprint density at radius 3 is 2.34 bits per heavy atom. The summed E-state index contributed by atoms with van der Waals surface area (Å²) in [5.74, 6) is -1.09. The first-order valence-corrected chi connectivity index (χ1v) is 16.2. The van der Waals surface area contributed by atoms with Crippen LogP contribution in [0.3, 0.4) is 0 Å². The van der Waals surface area contributed by atoms with Gasteiger partial charge in [-0.1, -0.05) is 12.1 Å². The number of methoxy groups -OCH3 is 1. The number of hydrogen-bond donors (Lipinski definition) is 1. The molecule has 6 rings (SSSR count). The van der Waals surface area contributed by atoms with Crippen LogP contribution < -0.4 is 14.4 Å². The summed E-state index contributed by atoms with van der Waals surface area (Å²) in [5.41, 5.74) is 1.94. The Labute approximate surface area is 267 Å². The fourth-order valence-electron chi connectivity index (χ4n) is 5.58. The zero-order valence-electron chi connectivity index (χ0n) is 25.6. The van der Waals surface area contributed by atoms with Crippen molar-refractivity contribution in [3.8, 4) is 39.7 Å². The maximum atomic E-state index is 14.5. The number of ether oxygens (including phenoxy) is 1. The molecule has 47 heavy (non-hydrogen) atoms. The lowest BCUT2D eigenvalue weighted by molar-refractivity contribution is 0.0964. The number of halogens is 3. The average molecular weight is 664 g/mol. The van der Waals surface area contributed by atoms with Crippen LogP contribution in [0.1, 0.15) is 17.3 Å². The van der Waals surface area contributed by atoms with Gasteiger partial charge in [0.05, 0.1) is 36.2 Å². The van der Waals surface area contributed by atoms with E-state index in [0.29, 0.717) is 27.8 Å². The molecular weight excluding hydrogens is 635 g/mol. The molecule has 0 radical (unpaired) electrons. The molecule has 0 spiro atoms. The van der Waals surface area contributed by atoms with Crippen LogP contribution in [0.2, 0.25) is 0 Å². The van der Waals surface area contributed by atoms with Gasteiger partial charge in [-0.2, -0.15) is 0 Å². The number of alkyl halides is 1. The summed E-state index contributed by atoms with van der Waals surface area (Å²) in [6, 6.07) is 16.4. The molecule has 0 aliphatic carbocycles. The van der Waals surface area contributed by atoms with Crippen LogP contribution in [0.25, 0.3) is 56.0 Å². The number of hydrogen-bond acceptors (Lipinski definition) is 7. The van der Waals surface area contributed by atoms with Crippen LogP contribution in [0, 0.1) is 11.6 Å². The van der Waals surface area contributed by atoms with Crippen LogP contribution in [0.5, 0.6) is 5.75 Å². The van der Waals surface area contributed by atoms with E-state index >= 15 is 0 Å². The molecule has 242 valence electrons. The summed E-state index contributed by atoms with van der Waals surface area (Å²) in [4.78, 5) is 17.6. The number of benzene rings is 4. The van der Waals surface area contributed by atoms with Crippen molar-refractivity contribution in [1.29, 1.82) is 0 Å². The van der Waals surface area contributed by atoms with E-state index in [1.165, 1.54) is 63.5 Å². The third-order valence-corrected chi connectivity index (χ3v) is 8.97. The van der Waals surface area contributed by atoms with E-state index in [9.17, 15) is 26.4 Å². The molecule has 0 bridgehead atoms. The zero-order valence-corrected chi connectivity index (χ0v) is 26.4. The summed E-state index contributed by atoms with van der Waals surface area (Å²) in [6.45, 7) is 0.415. The van der Waals surface area contributed by atoms with Gasteiger partial charge >= 0.3 is 0 Å². The second-order valence-corrected chi connectivity index (χ2v) is 12.7. The molecule has 1 unspecified atom stereocenters. The third kappa shape index (κ3) is 5.67. The van der Waals surface area contributed by atoms with Crippen molar-refractivity contribution in [3.63, 3.8) is 0 Å². The molecule has 6 aromatic rings. The van der Waals surface area contributed by atoms with Crippen molar-refractivity contribution in [1.82, 2.24) is 10.3 Å². The fraction of sp³-hybridized carbons (Fsp3) is 0.176. The standard InChI is InChI=1S/C34H28F3N3O6S/c1-18(17-35)40(47(4,42)43)26-16-29-23(30(33(41)38-2)32(45-29)19-8-11-21(36)12-9-19)15-22(26)20-10-13-27(44-3)24(14-20)34-39-31-25(37)6-5-7-28(31)46-34/h5-16,18H,17H2,1-4H3,(H,38,41). The van der Waals surface area contributed by atoms with Gasteiger partial charge in [0, 0.05) is 29.6 Å². The second-order valence-electron chi connectivity index (χ2n) is 10.8. The summed E-state index contributed by atoms with van der Waals surface area (Å²) in [7, 11) is -1.19. The lowest BCUT2D eigenvalue weighted by atomic mass is 9.96. The highest BCUT2D eigenvalue weighted by Crippen LogP contribution is 2.44. The third-order valence-electron chi connectivity index (χ3n) is 7.70. The van der Waals surface area contributed by atoms with Gasteiger partial charge < -0.3 is 18.9 Å². The van der Waals surface area contributed by atoms with Crippen molar-refractivity contribution in [2.45, 2.75) is 13.0 Å². The maximum Gasteiger partial charge on any atom is 0.255 e. The zero-order chi connectivity index (χ0) is 33.6. The van der Waals surface area contributed by atoms with Gasteiger partial charge in [0.1, 0.15) is 35.1 Å². The molecule has 9 nitrogen and oxygen atoms in total. The van der Waals surface area contributed by atoms with Crippen LogP contribution in [0.4, 0.5) is 18.9 Å². The normalized spacial score (nSPS) is 12.4. The van der Waals surface area contributed by atoms with E-state index in [1.54, 1.807) is 30.3 Å². The van der Waals surface area contributed by atoms with E-state index in [1.807, 2.05) is 0 Å². The highest BCUT2D eigenvalue weighted by molar-refractivity contribution is 7.92.